The van der Waals surface area contributed by atoms with E-state index < -0.39 is 0 Å². The minimum Gasteiger partial charge on any atom is -0.349 e. The van der Waals surface area contributed by atoms with Gasteiger partial charge in [0.2, 0.25) is 0 Å². The lowest BCUT2D eigenvalue weighted by Gasteiger charge is -2.28. The Balaban J connectivity index is 1.91. The van der Waals surface area contributed by atoms with Gasteiger partial charge < -0.3 is 10.6 Å². The van der Waals surface area contributed by atoms with Crippen molar-refractivity contribution in [2.24, 2.45) is 5.92 Å². The van der Waals surface area contributed by atoms with Crippen LogP contribution in [0.4, 0.5) is 4.39 Å². The lowest BCUT2D eigenvalue weighted by atomic mass is 9.92. The van der Waals surface area contributed by atoms with Crippen LogP contribution < -0.4 is 10.6 Å². The number of hydrogen-bond donors (Lipinski definition) is 2. The monoisotopic (exact) mass is 250 g/mol. The zero-order valence-electron chi connectivity index (χ0n) is 10.6. The third kappa shape index (κ3) is 3.29. The molecule has 18 heavy (non-hydrogen) atoms. The van der Waals surface area contributed by atoms with Gasteiger partial charge in [0.25, 0.3) is 5.91 Å². The van der Waals surface area contributed by atoms with Crippen LogP contribution in [0.25, 0.3) is 0 Å². The highest BCUT2D eigenvalue weighted by atomic mass is 19.1. The van der Waals surface area contributed by atoms with E-state index in [0.29, 0.717) is 11.5 Å². The molecule has 1 aliphatic heterocycles. The SMILES string of the molecule is CC(NC(=O)c1ccc(F)cc1)C1CCCNC1. The third-order valence-corrected chi connectivity index (χ3v) is 3.51. The molecule has 1 aromatic carbocycles. The predicted octanol–water partition coefficient (Wildman–Crippen LogP) is 1.94. The van der Waals surface area contributed by atoms with Gasteiger partial charge in [-0.3, -0.25) is 4.79 Å². The van der Waals surface area contributed by atoms with Gasteiger partial charge in [-0.2, -0.15) is 0 Å². The number of carbonyl (C=O) groups excluding carboxylic acids is 1. The molecule has 0 spiro atoms. The summed E-state index contributed by atoms with van der Waals surface area (Å²) in [6.45, 7) is 4.04. The molecule has 2 atom stereocenters. The van der Waals surface area contributed by atoms with E-state index >= 15 is 0 Å². The van der Waals surface area contributed by atoms with Crippen molar-refractivity contribution in [3.05, 3.63) is 35.6 Å². The highest BCUT2D eigenvalue weighted by molar-refractivity contribution is 5.94. The summed E-state index contributed by atoms with van der Waals surface area (Å²) in [7, 11) is 0. The van der Waals surface area contributed by atoms with Gasteiger partial charge in [0.1, 0.15) is 5.82 Å². The number of benzene rings is 1. The minimum atomic E-state index is -0.323. The Morgan fingerprint density at radius 1 is 1.44 bits per heavy atom. The fraction of sp³-hybridized carbons (Fsp3) is 0.500. The Kier molecular flexibility index (Phi) is 4.31. The van der Waals surface area contributed by atoms with Crippen LogP contribution in [0.15, 0.2) is 24.3 Å². The average Bonchev–Trinajstić information content (AvgIpc) is 2.40. The fourth-order valence-corrected chi connectivity index (χ4v) is 2.31. The quantitative estimate of drug-likeness (QED) is 0.861. The van der Waals surface area contributed by atoms with Gasteiger partial charge in [-0.05, 0) is 63.0 Å². The minimum absolute atomic E-state index is 0.131. The van der Waals surface area contributed by atoms with Crippen molar-refractivity contribution < 1.29 is 9.18 Å². The second-order valence-corrected chi connectivity index (χ2v) is 4.88. The Morgan fingerprint density at radius 3 is 2.78 bits per heavy atom. The van der Waals surface area contributed by atoms with Crippen molar-refractivity contribution in [2.45, 2.75) is 25.8 Å². The van der Waals surface area contributed by atoms with Gasteiger partial charge in [-0.15, -0.1) is 0 Å². The highest BCUT2D eigenvalue weighted by Crippen LogP contribution is 2.14. The van der Waals surface area contributed by atoms with E-state index in [-0.39, 0.29) is 17.8 Å². The van der Waals surface area contributed by atoms with E-state index in [1.54, 1.807) is 0 Å². The molecule has 1 aliphatic rings. The van der Waals surface area contributed by atoms with Crippen LogP contribution in [0, 0.1) is 11.7 Å². The smallest absolute Gasteiger partial charge is 0.251 e. The van der Waals surface area contributed by atoms with Crippen molar-refractivity contribution >= 4 is 5.91 Å². The first-order chi connectivity index (χ1) is 8.66. The van der Waals surface area contributed by atoms with Crippen LogP contribution in [0.1, 0.15) is 30.1 Å². The Morgan fingerprint density at radius 2 is 2.17 bits per heavy atom. The molecule has 1 saturated heterocycles. The van der Waals surface area contributed by atoms with E-state index in [1.165, 1.54) is 24.3 Å². The fourth-order valence-electron chi connectivity index (χ4n) is 2.31. The van der Waals surface area contributed by atoms with Gasteiger partial charge in [0.15, 0.2) is 0 Å². The summed E-state index contributed by atoms with van der Waals surface area (Å²) < 4.78 is 12.8. The topological polar surface area (TPSA) is 41.1 Å². The molecule has 2 rings (SSSR count). The second-order valence-electron chi connectivity index (χ2n) is 4.88. The number of nitrogens with one attached hydrogen (secondary N) is 2. The largest absolute Gasteiger partial charge is 0.349 e. The Labute approximate surface area is 107 Å². The molecule has 0 saturated carbocycles. The van der Waals surface area contributed by atoms with Gasteiger partial charge in [0, 0.05) is 11.6 Å². The first kappa shape index (κ1) is 13.0. The molecule has 2 N–H and O–H groups in total. The Bertz CT molecular complexity index is 399. The maximum atomic E-state index is 12.8. The molecule has 1 fully saturated rings. The van der Waals surface area contributed by atoms with E-state index in [1.807, 2.05) is 6.92 Å². The van der Waals surface area contributed by atoms with Crippen LogP contribution in [0.3, 0.4) is 0 Å². The molecule has 1 aromatic rings. The molecule has 0 radical (unpaired) electrons. The first-order valence-corrected chi connectivity index (χ1v) is 6.44. The van der Waals surface area contributed by atoms with Gasteiger partial charge in [0.05, 0.1) is 0 Å². The van der Waals surface area contributed by atoms with Crippen molar-refractivity contribution in [3.8, 4) is 0 Å². The lowest BCUT2D eigenvalue weighted by molar-refractivity contribution is 0.0922. The van der Waals surface area contributed by atoms with Crippen molar-refractivity contribution in [2.75, 3.05) is 13.1 Å². The summed E-state index contributed by atoms with van der Waals surface area (Å²) in [5.41, 5.74) is 0.506. The molecular formula is C14H19FN2O. The number of rotatable bonds is 3. The number of halogens is 1. The third-order valence-electron chi connectivity index (χ3n) is 3.51. The average molecular weight is 250 g/mol. The van der Waals surface area contributed by atoms with Gasteiger partial charge in [-0.25, -0.2) is 4.39 Å². The van der Waals surface area contributed by atoms with Crippen LogP contribution in [-0.2, 0) is 0 Å². The molecule has 98 valence electrons. The normalized spacial score (nSPS) is 21.3. The maximum Gasteiger partial charge on any atom is 0.251 e. The summed E-state index contributed by atoms with van der Waals surface area (Å²) in [5.74, 6) is 0.0206. The molecule has 0 bridgehead atoms. The van der Waals surface area contributed by atoms with Gasteiger partial charge >= 0.3 is 0 Å². The first-order valence-electron chi connectivity index (χ1n) is 6.44. The van der Waals surface area contributed by atoms with Gasteiger partial charge in [-0.1, -0.05) is 0 Å². The number of carbonyl (C=O) groups is 1. The molecule has 2 unspecified atom stereocenters. The molecule has 0 aromatic heterocycles. The standard InChI is InChI=1S/C14H19FN2O/c1-10(12-3-2-8-16-9-12)17-14(18)11-4-6-13(15)7-5-11/h4-7,10,12,16H,2-3,8-9H2,1H3,(H,17,18). The van der Waals surface area contributed by atoms with Crippen molar-refractivity contribution in [1.82, 2.24) is 10.6 Å². The maximum absolute atomic E-state index is 12.8. The van der Waals surface area contributed by atoms with E-state index in [0.717, 1.165) is 25.9 Å². The highest BCUT2D eigenvalue weighted by Gasteiger charge is 2.21. The van der Waals surface area contributed by atoms with Crippen molar-refractivity contribution in [3.63, 3.8) is 0 Å². The second kappa shape index (κ2) is 5.96. The zero-order chi connectivity index (χ0) is 13.0. The van der Waals surface area contributed by atoms with Crippen LogP contribution in [0.5, 0.6) is 0 Å². The number of piperidine rings is 1. The van der Waals surface area contributed by atoms with Crippen LogP contribution in [-0.4, -0.2) is 25.0 Å². The van der Waals surface area contributed by atoms with E-state index in [2.05, 4.69) is 10.6 Å². The summed E-state index contributed by atoms with van der Waals surface area (Å²) in [5, 5.41) is 6.32. The van der Waals surface area contributed by atoms with Crippen LogP contribution >= 0.6 is 0 Å². The number of amides is 1. The number of hydrogen-bond acceptors (Lipinski definition) is 2. The lowest BCUT2D eigenvalue weighted by Crippen LogP contribution is -2.44. The van der Waals surface area contributed by atoms with E-state index in [9.17, 15) is 9.18 Å². The Hall–Kier alpha value is -1.42. The summed E-state index contributed by atoms with van der Waals surface area (Å²) in [4.78, 5) is 12.0. The van der Waals surface area contributed by atoms with Crippen LogP contribution in [0.2, 0.25) is 0 Å². The van der Waals surface area contributed by atoms with E-state index in [4.69, 9.17) is 0 Å². The molecule has 1 heterocycles. The molecule has 1 amide bonds. The molecule has 4 heteroatoms. The molecule has 3 nitrogen and oxygen atoms in total. The summed E-state index contributed by atoms with van der Waals surface area (Å²) in [6, 6.07) is 5.77. The summed E-state index contributed by atoms with van der Waals surface area (Å²) >= 11 is 0. The summed E-state index contributed by atoms with van der Waals surface area (Å²) in [6.07, 6.45) is 2.29. The molecular weight excluding hydrogens is 231 g/mol. The molecule has 0 aliphatic carbocycles. The zero-order valence-corrected chi connectivity index (χ0v) is 10.6. The predicted molar refractivity (Wildman–Crippen MR) is 68.9 cm³/mol. The van der Waals surface area contributed by atoms with Crippen molar-refractivity contribution in [1.29, 1.82) is 0 Å².